The summed E-state index contributed by atoms with van der Waals surface area (Å²) in [6.45, 7) is 4.41. The summed E-state index contributed by atoms with van der Waals surface area (Å²) in [5, 5.41) is 28.2. The second-order valence-corrected chi connectivity index (χ2v) is 4.38. The number of carboxylic acids is 2. The molecular formula is C12H16N4O6. The van der Waals surface area contributed by atoms with Gasteiger partial charge in [0.1, 0.15) is 0 Å². The molecule has 2 heterocycles. The van der Waals surface area contributed by atoms with E-state index in [1.807, 2.05) is 6.92 Å². The molecule has 10 heteroatoms. The smallest absolute Gasteiger partial charge is 0.414 e. The number of hydrogen-bond acceptors (Lipinski definition) is 7. The summed E-state index contributed by atoms with van der Waals surface area (Å²) in [5.41, 5.74) is 1.62. The molecule has 0 aliphatic carbocycles. The van der Waals surface area contributed by atoms with Crippen molar-refractivity contribution in [2.24, 2.45) is 0 Å². The van der Waals surface area contributed by atoms with Gasteiger partial charge < -0.3 is 20.8 Å². The molecule has 120 valence electrons. The number of nitrogens with one attached hydrogen (secondary N) is 2. The first-order chi connectivity index (χ1) is 10.3. The van der Waals surface area contributed by atoms with Crippen LogP contribution in [0.3, 0.4) is 0 Å². The van der Waals surface area contributed by atoms with Crippen LogP contribution in [0.25, 0.3) is 5.57 Å². The number of carbonyl (C=O) groups excluding carboxylic acids is 1. The quantitative estimate of drug-likeness (QED) is 0.550. The van der Waals surface area contributed by atoms with Gasteiger partial charge in [-0.2, -0.15) is 0 Å². The van der Waals surface area contributed by atoms with Crippen LogP contribution < -0.4 is 10.6 Å². The monoisotopic (exact) mass is 312 g/mol. The Balaban J connectivity index is 0.000000346. The molecule has 4 N–H and O–H groups in total. The Kier molecular flexibility index (Phi) is 6.20. The molecular weight excluding hydrogens is 296 g/mol. The second-order valence-electron chi connectivity index (χ2n) is 4.38. The van der Waals surface area contributed by atoms with Gasteiger partial charge in [-0.3, -0.25) is 4.79 Å². The molecule has 0 fully saturated rings. The summed E-state index contributed by atoms with van der Waals surface area (Å²) in [7, 11) is 0. The van der Waals surface area contributed by atoms with Crippen molar-refractivity contribution in [2.45, 2.75) is 26.3 Å². The molecule has 1 aromatic heterocycles. The molecule has 22 heavy (non-hydrogen) atoms. The van der Waals surface area contributed by atoms with E-state index < -0.39 is 11.9 Å². The maximum atomic E-state index is 11.0. The van der Waals surface area contributed by atoms with Crippen LogP contribution in [-0.4, -0.2) is 51.0 Å². The van der Waals surface area contributed by atoms with Gasteiger partial charge in [0.05, 0.1) is 0 Å². The lowest BCUT2D eigenvalue weighted by Crippen LogP contribution is -2.31. The minimum absolute atomic E-state index is 0.186. The summed E-state index contributed by atoms with van der Waals surface area (Å²) in [6.07, 6.45) is 3.03. The standard InChI is InChI=1S/C10H14N4O2.C2H2O4/c1-6-8(4-3-5-11-6)9-10(12-7(2)15)14-16-13-9;3-1(4)2(5)6/h4,6,11H,3,5H2,1-2H3,(H,12,14,15);(H,3,4)(H,5,6). The molecule has 0 saturated carbocycles. The first kappa shape index (κ1) is 17.3. The predicted octanol–water partition coefficient (Wildman–Crippen LogP) is -0.0512. The Bertz CT molecular complexity index is 582. The molecule has 0 radical (unpaired) electrons. The minimum Gasteiger partial charge on any atom is -0.473 e. The Labute approximate surface area is 125 Å². The average Bonchev–Trinajstić information content (AvgIpc) is 2.87. The first-order valence-electron chi connectivity index (χ1n) is 6.33. The largest absolute Gasteiger partial charge is 0.473 e. The fraction of sp³-hybridized carbons (Fsp3) is 0.417. The van der Waals surface area contributed by atoms with E-state index in [-0.39, 0.29) is 11.9 Å². The summed E-state index contributed by atoms with van der Waals surface area (Å²) in [5.74, 6) is -3.45. The number of anilines is 1. The van der Waals surface area contributed by atoms with Crippen LogP contribution in [-0.2, 0) is 14.4 Å². The highest BCUT2D eigenvalue weighted by Crippen LogP contribution is 2.25. The van der Waals surface area contributed by atoms with Gasteiger partial charge in [0.15, 0.2) is 5.69 Å². The van der Waals surface area contributed by atoms with E-state index in [0.717, 1.165) is 18.5 Å². The highest BCUT2D eigenvalue weighted by Gasteiger charge is 2.21. The van der Waals surface area contributed by atoms with Crippen molar-refractivity contribution < 1.29 is 29.2 Å². The maximum absolute atomic E-state index is 11.0. The summed E-state index contributed by atoms with van der Waals surface area (Å²) < 4.78 is 4.66. The van der Waals surface area contributed by atoms with Crippen LogP contribution in [0.2, 0.25) is 0 Å². The average molecular weight is 312 g/mol. The van der Waals surface area contributed by atoms with Crippen molar-refractivity contribution in [1.29, 1.82) is 0 Å². The Morgan fingerprint density at radius 3 is 2.45 bits per heavy atom. The topological polar surface area (TPSA) is 155 Å². The third-order valence-electron chi connectivity index (χ3n) is 2.66. The van der Waals surface area contributed by atoms with E-state index in [9.17, 15) is 4.79 Å². The van der Waals surface area contributed by atoms with E-state index in [1.165, 1.54) is 6.92 Å². The highest BCUT2D eigenvalue weighted by atomic mass is 16.6. The van der Waals surface area contributed by atoms with Gasteiger partial charge in [0.2, 0.25) is 11.7 Å². The lowest BCUT2D eigenvalue weighted by molar-refractivity contribution is -0.159. The van der Waals surface area contributed by atoms with E-state index in [1.54, 1.807) is 0 Å². The van der Waals surface area contributed by atoms with Crippen LogP contribution in [0.15, 0.2) is 10.7 Å². The predicted molar refractivity (Wildman–Crippen MR) is 73.9 cm³/mol. The third-order valence-corrected chi connectivity index (χ3v) is 2.66. The summed E-state index contributed by atoms with van der Waals surface area (Å²) >= 11 is 0. The molecule has 0 aromatic carbocycles. The van der Waals surface area contributed by atoms with E-state index in [0.29, 0.717) is 11.5 Å². The van der Waals surface area contributed by atoms with Crippen molar-refractivity contribution in [3.8, 4) is 0 Å². The second kappa shape index (κ2) is 7.88. The SMILES string of the molecule is CC(=O)Nc1nonc1C1=CCCNC1C.O=C(O)C(=O)O. The number of nitrogens with zero attached hydrogens (tertiary/aromatic N) is 2. The van der Waals surface area contributed by atoms with Crippen molar-refractivity contribution >= 4 is 29.2 Å². The molecule has 0 saturated heterocycles. The number of carboxylic acid groups (broad SMARTS) is 2. The van der Waals surface area contributed by atoms with Crippen LogP contribution in [0.1, 0.15) is 26.0 Å². The lowest BCUT2D eigenvalue weighted by Gasteiger charge is -2.20. The number of aromatic nitrogens is 2. The van der Waals surface area contributed by atoms with Crippen LogP contribution in [0.5, 0.6) is 0 Å². The molecule has 1 aliphatic rings. The fourth-order valence-electron chi connectivity index (χ4n) is 1.74. The molecule has 1 atom stereocenters. The molecule has 1 unspecified atom stereocenters. The van der Waals surface area contributed by atoms with Crippen LogP contribution in [0, 0.1) is 0 Å². The highest BCUT2D eigenvalue weighted by molar-refractivity contribution is 6.27. The van der Waals surface area contributed by atoms with Gasteiger partial charge in [0.25, 0.3) is 0 Å². The molecule has 0 bridgehead atoms. The lowest BCUT2D eigenvalue weighted by atomic mass is 10.0. The number of carbonyl (C=O) groups is 3. The van der Waals surface area contributed by atoms with Crippen molar-refractivity contribution in [1.82, 2.24) is 15.6 Å². The zero-order valence-corrected chi connectivity index (χ0v) is 12.0. The Hall–Kier alpha value is -2.75. The van der Waals surface area contributed by atoms with Gasteiger partial charge in [-0.05, 0) is 35.8 Å². The molecule has 2 rings (SSSR count). The molecule has 1 aliphatic heterocycles. The van der Waals surface area contributed by atoms with Gasteiger partial charge in [0, 0.05) is 13.0 Å². The van der Waals surface area contributed by atoms with Crippen molar-refractivity contribution in [2.75, 3.05) is 11.9 Å². The minimum atomic E-state index is -1.82. The maximum Gasteiger partial charge on any atom is 0.414 e. The number of amides is 1. The molecule has 1 amide bonds. The zero-order valence-electron chi connectivity index (χ0n) is 12.0. The molecule has 0 spiro atoms. The fourth-order valence-corrected chi connectivity index (χ4v) is 1.74. The first-order valence-corrected chi connectivity index (χ1v) is 6.33. The number of rotatable bonds is 2. The van der Waals surface area contributed by atoms with Gasteiger partial charge in [-0.25, -0.2) is 14.2 Å². The van der Waals surface area contributed by atoms with E-state index in [2.05, 4.69) is 31.7 Å². The van der Waals surface area contributed by atoms with Crippen molar-refractivity contribution in [3.63, 3.8) is 0 Å². The Morgan fingerprint density at radius 1 is 1.32 bits per heavy atom. The summed E-state index contributed by atoms with van der Waals surface area (Å²) in [6, 6.07) is 0.188. The van der Waals surface area contributed by atoms with Crippen molar-refractivity contribution in [3.05, 3.63) is 11.8 Å². The summed E-state index contributed by atoms with van der Waals surface area (Å²) in [4.78, 5) is 29.2. The zero-order chi connectivity index (χ0) is 16.7. The molecule has 10 nitrogen and oxygen atoms in total. The van der Waals surface area contributed by atoms with Crippen LogP contribution >= 0.6 is 0 Å². The van der Waals surface area contributed by atoms with Gasteiger partial charge >= 0.3 is 11.9 Å². The van der Waals surface area contributed by atoms with Crippen LogP contribution in [0.4, 0.5) is 5.82 Å². The molecule has 1 aromatic rings. The number of hydrogen-bond donors (Lipinski definition) is 4. The Morgan fingerprint density at radius 2 is 1.95 bits per heavy atom. The van der Waals surface area contributed by atoms with Gasteiger partial charge in [-0.15, -0.1) is 0 Å². The van der Waals surface area contributed by atoms with E-state index in [4.69, 9.17) is 19.8 Å². The van der Waals surface area contributed by atoms with Gasteiger partial charge in [-0.1, -0.05) is 6.08 Å². The third kappa shape index (κ3) is 4.98. The van der Waals surface area contributed by atoms with E-state index >= 15 is 0 Å². The normalized spacial score (nSPS) is 16.8. The number of aliphatic carboxylic acids is 2.